The smallest absolute Gasteiger partial charge is 0.410 e. The van der Waals surface area contributed by atoms with E-state index in [-0.39, 0.29) is 13.1 Å². The summed E-state index contributed by atoms with van der Waals surface area (Å²) in [5.74, 6) is -2.44. The maximum atomic E-state index is 12.2. The van der Waals surface area contributed by atoms with E-state index >= 15 is 0 Å². The number of carbonyl (C=O) groups is 2. The maximum Gasteiger partial charge on any atom is 0.410 e. The summed E-state index contributed by atoms with van der Waals surface area (Å²) in [6, 6.07) is 8.80. The van der Waals surface area contributed by atoms with Crippen LogP contribution < -0.4 is 5.11 Å². The van der Waals surface area contributed by atoms with Gasteiger partial charge < -0.3 is 19.5 Å². The fraction of sp³-hybridized carbons (Fsp3) is 0.471. The first-order valence-corrected chi connectivity index (χ1v) is 7.40. The number of benzene rings is 1. The number of carboxylic acids is 1. The van der Waals surface area contributed by atoms with Gasteiger partial charge in [-0.15, -0.1) is 0 Å². The number of carbonyl (C=O) groups excluding carboxylic acids is 2. The Bertz CT molecular complexity index is 657. The number of ether oxygens (including phenoxy) is 1. The molecule has 6 heteroatoms. The van der Waals surface area contributed by atoms with E-state index in [1.54, 1.807) is 45.0 Å². The topological polar surface area (TPSA) is 93.5 Å². The summed E-state index contributed by atoms with van der Waals surface area (Å²) in [5.41, 5.74) is 0.520. The monoisotopic (exact) mass is 315 g/mol. The van der Waals surface area contributed by atoms with Crippen LogP contribution in [0.3, 0.4) is 0 Å². The van der Waals surface area contributed by atoms with Crippen molar-refractivity contribution in [2.24, 2.45) is 5.92 Å². The lowest BCUT2D eigenvalue weighted by Crippen LogP contribution is -2.38. The highest BCUT2D eigenvalue weighted by atomic mass is 16.6. The summed E-state index contributed by atoms with van der Waals surface area (Å²) >= 11 is 0. The van der Waals surface area contributed by atoms with Crippen LogP contribution in [0.4, 0.5) is 4.79 Å². The summed E-state index contributed by atoms with van der Waals surface area (Å²) in [6.07, 6.45) is -0.539. The first-order chi connectivity index (χ1) is 10.7. The molecule has 1 saturated heterocycles. The van der Waals surface area contributed by atoms with Gasteiger partial charge in [-0.05, 0) is 38.5 Å². The van der Waals surface area contributed by atoms with Gasteiger partial charge in [0.05, 0.1) is 11.6 Å². The van der Waals surface area contributed by atoms with Crippen LogP contribution >= 0.6 is 0 Å². The Kier molecular flexibility index (Phi) is 4.60. The van der Waals surface area contributed by atoms with Crippen molar-refractivity contribution < 1.29 is 19.4 Å². The number of hydrogen-bond donors (Lipinski definition) is 0. The molecule has 1 heterocycles. The van der Waals surface area contributed by atoms with Gasteiger partial charge in [-0.1, -0.05) is 12.1 Å². The van der Waals surface area contributed by atoms with Gasteiger partial charge >= 0.3 is 6.09 Å². The van der Waals surface area contributed by atoms with Gasteiger partial charge in [-0.3, -0.25) is 0 Å². The largest absolute Gasteiger partial charge is 0.550 e. The minimum atomic E-state index is -1.21. The Labute approximate surface area is 135 Å². The highest BCUT2D eigenvalue weighted by molar-refractivity contribution is 5.74. The molecule has 0 unspecified atom stereocenters. The number of amides is 1. The third-order valence-electron chi connectivity index (χ3n) is 3.72. The molecule has 0 saturated carbocycles. The maximum absolute atomic E-state index is 12.2. The van der Waals surface area contributed by atoms with E-state index in [2.05, 4.69) is 0 Å². The fourth-order valence-electron chi connectivity index (χ4n) is 2.69. The molecule has 1 aromatic rings. The average molecular weight is 315 g/mol. The van der Waals surface area contributed by atoms with Gasteiger partial charge in [0.1, 0.15) is 5.60 Å². The third kappa shape index (κ3) is 4.01. The zero-order valence-corrected chi connectivity index (χ0v) is 13.4. The number of nitrogens with zero attached hydrogens (tertiary/aromatic N) is 2. The van der Waals surface area contributed by atoms with Crippen molar-refractivity contribution in [3.8, 4) is 6.07 Å². The summed E-state index contributed by atoms with van der Waals surface area (Å²) in [5, 5.41) is 20.4. The van der Waals surface area contributed by atoms with E-state index in [4.69, 9.17) is 10.00 Å². The molecule has 23 heavy (non-hydrogen) atoms. The van der Waals surface area contributed by atoms with Crippen LogP contribution in [0.5, 0.6) is 0 Å². The lowest BCUT2D eigenvalue weighted by Gasteiger charge is -2.24. The molecule has 0 aliphatic carbocycles. The molecule has 0 bridgehead atoms. The van der Waals surface area contributed by atoms with Crippen LogP contribution in [-0.4, -0.2) is 35.7 Å². The molecule has 1 aromatic carbocycles. The molecule has 2 atom stereocenters. The van der Waals surface area contributed by atoms with E-state index in [9.17, 15) is 14.7 Å². The summed E-state index contributed by atoms with van der Waals surface area (Å²) in [4.78, 5) is 25.0. The Morgan fingerprint density at radius 2 is 2.04 bits per heavy atom. The second-order valence-electron chi connectivity index (χ2n) is 6.65. The molecule has 0 aromatic heterocycles. The minimum absolute atomic E-state index is 0.0404. The molecule has 1 aliphatic heterocycles. The molecule has 0 radical (unpaired) electrons. The minimum Gasteiger partial charge on any atom is -0.550 e. The summed E-state index contributed by atoms with van der Waals surface area (Å²) in [7, 11) is 0. The predicted octanol–water partition coefficient (Wildman–Crippen LogP) is 1.26. The lowest BCUT2D eigenvalue weighted by atomic mass is 9.88. The van der Waals surface area contributed by atoms with Gasteiger partial charge in [0.15, 0.2) is 0 Å². The number of likely N-dealkylation sites (tertiary alicyclic amines) is 1. The summed E-state index contributed by atoms with van der Waals surface area (Å²) in [6.45, 7) is 5.53. The molecular formula is C17H19N2O4-. The van der Waals surface area contributed by atoms with Crippen LogP contribution in [0, 0.1) is 17.2 Å². The highest BCUT2D eigenvalue weighted by Gasteiger charge is 2.38. The van der Waals surface area contributed by atoms with Crippen molar-refractivity contribution in [3.05, 3.63) is 35.4 Å². The third-order valence-corrected chi connectivity index (χ3v) is 3.72. The van der Waals surface area contributed by atoms with E-state index in [1.165, 1.54) is 4.90 Å². The molecule has 122 valence electrons. The molecule has 6 nitrogen and oxygen atoms in total. The number of aliphatic carboxylic acids is 1. The van der Waals surface area contributed by atoms with Crippen molar-refractivity contribution >= 4 is 12.1 Å². The van der Waals surface area contributed by atoms with Crippen LogP contribution in [-0.2, 0) is 9.53 Å². The highest BCUT2D eigenvalue weighted by Crippen LogP contribution is 2.33. The van der Waals surface area contributed by atoms with Crippen LogP contribution in [0.2, 0.25) is 0 Å². The quantitative estimate of drug-likeness (QED) is 0.819. The average Bonchev–Trinajstić information content (AvgIpc) is 2.91. The molecule has 1 amide bonds. The van der Waals surface area contributed by atoms with Gasteiger partial charge in [0, 0.05) is 30.9 Å². The summed E-state index contributed by atoms with van der Waals surface area (Å²) < 4.78 is 5.30. The Morgan fingerprint density at radius 3 is 2.61 bits per heavy atom. The van der Waals surface area contributed by atoms with Crippen molar-refractivity contribution in [1.82, 2.24) is 4.90 Å². The molecular weight excluding hydrogens is 296 g/mol. The normalized spacial score (nSPS) is 20.9. The predicted molar refractivity (Wildman–Crippen MR) is 80.2 cm³/mol. The number of nitriles is 1. The van der Waals surface area contributed by atoms with Crippen LogP contribution in [0.25, 0.3) is 0 Å². The van der Waals surface area contributed by atoms with E-state index in [0.29, 0.717) is 11.1 Å². The van der Waals surface area contributed by atoms with E-state index in [1.807, 2.05) is 6.07 Å². The fourth-order valence-corrected chi connectivity index (χ4v) is 2.69. The van der Waals surface area contributed by atoms with Gasteiger partial charge in [0.25, 0.3) is 0 Å². The second kappa shape index (κ2) is 6.29. The van der Waals surface area contributed by atoms with Crippen molar-refractivity contribution in [2.45, 2.75) is 32.3 Å². The van der Waals surface area contributed by atoms with E-state index < -0.39 is 29.5 Å². The molecule has 0 N–H and O–H groups in total. The van der Waals surface area contributed by atoms with Crippen molar-refractivity contribution in [3.63, 3.8) is 0 Å². The van der Waals surface area contributed by atoms with Gasteiger partial charge in [-0.25, -0.2) is 4.79 Å². The lowest BCUT2D eigenvalue weighted by molar-refractivity contribution is -0.311. The first kappa shape index (κ1) is 16.8. The standard InChI is InChI=1S/C17H20N2O4/c1-17(2,3)23-16(22)19-9-13(14(10-19)15(20)21)12-6-4-5-11(7-12)8-18/h4-7,13-14H,9-10H2,1-3H3,(H,20,21)/p-1/t13-,14+/m1/s1. The second-order valence-corrected chi connectivity index (χ2v) is 6.65. The van der Waals surface area contributed by atoms with Crippen LogP contribution in [0.1, 0.15) is 37.8 Å². The number of rotatable bonds is 2. The van der Waals surface area contributed by atoms with Crippen LogP contribution in [0.15, 0.2) is 24.3 Å². The zero-order valence-electron chi connectivity index (χ0n) is 13.4. The zero-order chi connectivity index (χ0) is 17.2. The Hall–Kier alpha value is -2.55. The molecule has 0 spiro atoms. The molecule has 2 rings (SSSR count). The SMILES string of the molecule is CC(C)(C)OC(=O)N1C[C@H](C(=O)[O-])[C@@H](c2cccc(C#N)c2)C1. The van der Waals surface area contributed by atoms with E-state index in [0.717, 1.165) is 0 Å². The molecule has 1 fully saturated rings. The van der Waals surface area contributed by atoms with Gasteiger partial charge in [0.2, 0.25) is 0 Å². The van der Waals surface area contributed by atoms with Gasteiger partial charge in [-0.2, -0.15) is 5.26 Å². The first-order valence-electron chi connectivity index (χ1n) is 7.40. The Balaban J connectivity index is 2.23. The van der Waals surface area contributed by atoms with Crippen molar-refractivity contribution in [1.29, 1.82) is 5.26 Å². The Morgan fingerprint density at radius 1 is 1.35 bits per heavy atom. The van der Waals surface area contributed by atoms with Crippen molar-refractivity contribution in [2.75, 3.05) is 13.1 Å². The number of carboxylic acid groups (broad SMARTS) is 1. The molecule has 1 aliphatic rings. The number of hydrogen-bond acceptors (Lipinski definition) is 5.